The first kappa shape index (κ1) is 20.4. The Morgan fingerprint density at radius 3 is 2.62 bits per heavy atom. The summed E-state index contributed by atoms with van der Waals surface area (Å²) in [6.07, 6.45) is 2.68. The molecule has 29 heavy (non-hydrogen) atoms. The molecule has 2 atom stereocenters. The number of nitrogens with zero attached hydrogens (tertiary/aromatic N) is 1. The van der Waals surface area contributed by atoms with Crippen molar-refractivity contribution in [2.75, 3.05) is 5.32 Å². The molecule has 0 spiro atoms. The van der Waals surface area contributed by atoms with E-state index >= 15 is 0 Å². The number of carbonyl (C=O) groups excluding carboxylic acids is 3. The maximum absolute atomic E-state index is 13.1. The van der Waals surface area contributed by atoms with Gasteiger partial charge in [-0.2, -0.15) is 8.42 Å². The number of primary amides is 2. The molecule has 11 nitrogen and oxygen atoms in total. The third kappa shape index (κ3) is 3.93. The molecule has 154 valence electrons. The summed E-state index contributed by atoms with van der Waals surface area (Å²) in [5.41, 5.74) is 11.0. The summed E-state index contributed by atoms with van der Waals surface area (Å²) in [6.45, 7) is 1.58. The highest BCUT2D eigenvalue weighted by atomic mass is 32.2. The number of aryl methyl sites for hydroxylation is 1. The molecule has 3 rings (SSSR count). The Balaban J connectivity index is 2.17. The van der Waals surface area contributed by atoms with Crippen LogP contribution >= 0.6 is 0 Å². The lowest BCUT2D eigenvalue weighted by Crippen LogP contribution is -2.46. The Morgan fingerprint density at radius 1 is 1.34 bits per heavy atom. The van der Waals surface area contributed by atoms with Crippen LogP contribution in [0.2, 0.25) is 0 Å². The van der Waals surface area contributed by atoms with E-state index in [2.05, 4.69) is 5.32 Å². The van der Waals surface area contributed by atoms with Crippen molar-refractivity contribution in [3.8, 4) is 5.75 Å². The molecule has 2 aliphatic heterocycles. The zero-order chi connectivity index (χ0) is 21.5. The van der Waals surface area contributed by atoms with Gasteiger partial charge >= 0.3 is 6.09 Å². The zero-order valence-electron chi connectivity index (χ0n) is 15.2. The van der Waals surface area contributed by atoms with Crippen molar-refractivity contribution in [1.29, 1.82) is 0 Å². The minimum Gasteiger partial charge on any atom is -0.408 e. The summed E-state index contributed by atoms with van der Waals surface area (Å²) < 4.78 is 39.0. The van der Waals surface area contributed by atoms with Crippen LogP contribution in [0.5, 0.6) is 5.75 Å². The molecular weight excluding hydrogens is 404 g/mol. The highest BCUT2D eigenvalue weighted by Gasteiger charge is 2.45. The van der Waals surface area contributed by atoms with E-state index in [9.17, 15) is 27.4 Å². The van der Waals surface area contributed by atoms with Crippen LogP contribution in [0.1, 0.15) is 22.3 Å². The van der Waals surface area contributed by atoms with Crippen molar-refractivity contribution in [2.45, 2.75) is 24.8 Å². The Bertz CT molecular complexity index is 1080. The van der Waals surface area contributed by atoms with Crippen LogP contribution in [0.3, 0.4) is 0 Å². The van der Waals surface area contributed by atoms with E-state index < -0.39 is 39.4 Å². The summed E-state index contributed by atoms with van der Waals surface area (Å²) >= 11 is 0. The highest BCUT2D eigenvalue weighted by molar-refractivity contribution is 7.86. The molecule has 6 N–H and O–H groups in total. The molecule has 0 aliphatic carbocycles. The van der Waals surface area contributed by atoms with Crippen molar-refractivity contribution < 1.29 is 32.1 Å². The van der Waals surface area contributed by atoms with Crippen LogP contribution in [0.15, 0.2) is 36.1 Å². The van der Waals surface area contributed by atoms with Gasteiger partial charge in [0, 0.05) is 12.3 Å². The predicted molar refractivity (Wildman–Crippen MR) is 101 cm³/mol. The Labute approximate surface area is 165 Å². The van der Waals surface area contributed by atoms with E-state index in [0.717, 1.165) is 11.0 Å². The highest BCUT2D eigenvalue weighted by Crippen LogP contribution is 2.40. The third-order valence-corrected chi connectivity index (χ3v) is 5.62. The number of nitrogens with one attached hydrogen (secondary N) is 1. The van der Waals surface area contributed by atoms with Gasteiger partial charge in [-0.15, -0.1) is 0 Å². The fraction of sp³-hybridized carbons (Fsp3) is 0.235. The van der Waals surface area contributed by atoms with E-state index in [-0.39, 0.29) is 23.4 Å². The van der Waals surface area contributed by atoms with Crippen molar-refractivity contribution in [2.24, 2.45) is 11.5 Å². The number of fused-ring (bicyclic) bond motifs is 2. The van der Waals surface area contributed by atoms with Crippen molar-refractivity contribution in [3.05, 3.63) is 47.2 Å². The number of hydrogen-bond donors (Lipinski definition) is 4. The van der Waals surface area contributed by atoms with Crippen molar-refractivity contribution in [3.63, 3.8) is 0 Å². The number of benzene rings is 1. The topological polar surface area (TPSA) is 182 Å². The Kier molecular flexibility index (Phi) is 5.07. The summed E-state index contributed by atoms with van der Waals surface area (Å²) in [6, 6.07) is 1.91. The number of nitrogens with two attached hydrogens (primary N) is 2. The molecule has 0 saturated carbocycles. The van der Waals surface area contributed by atoms with Crippen LogP contribution in [0.25, 0.3) is 0 Å². The second-order valence-corrected chi connectivity index (χ2v) is 8.10. The smallest absolute Gasteiger partial charge is 0.408 e. The van der Waals surface area contributed by atoms with Crippen LogP contribution in [-0.2, 0) is 14.9 Å². The van der Waals surface area contributed by atoms with Gasteiger partial charge in [0.05, 0.1) is 17.3 Å². The van der Waals surface area contributed by atoms with E-state index in [1.165, 1.54) is 24.4 Å². The summed E-state index contributed by atoms with van der Waals surface area (Å²) in [7, 11) is -4.71. The minimum atomic E-state index is -4.71. The average Bonchev–Trinajstić information content (AvgIpc) is 2.97. The monoisotopic (exact) mass is 422 g/mol. The lowest BCUT2D eigenvalue weighted by atomic mass is 10.1. The first-order valence-electron chi connectivity index (χ1n) is 8.33. The third-order valence-electron chi connectivity index (χ3n) is 4.55. The molecular formula is C17H18N4O7S. The molecule has 2 aliphatic rings. The number of hydrogen-bond acceptors (Lipinski definition) is 7. The summed E-state index contributed by atoms with van der Waals surface area (Å²) in [5.74, 6) is -1.42. The second-order valence-electron chi connectivity index (χ2n) is 6.56. The standard InChI is InChI=1S/C17H18N4O7S/c1-8-2-4-10-13(14(8)28-17(19)24)20-15(29(25,26)27)11-6-9(3-5-12(18)22)7-21(11)16(10)23/h2-5,7,11,15,20H,6H2,1H3,(H2,18,22)(H2,19,24)(H,25,26,27). The van der Waals surface area contributed by atoms with Crippen molar-refractivity contribution >= 4 is 33.7 Å². The molecule has 0 saturated heterocycles. The first-order valence-corrected chi connectivity index (χ1v) is 9.84. The van der Waals surface area contributed by atoms with Gasteiger partial charge < -0.3 is 26.4 Å². The van der Waals surface area contributed by atoms with E-state index in [0.29, 0.717) is 11.1 Å². The second kappa shape index (κ2) is 7.22. The van der Waals surface area contributed by atoms with Gasteiger partial charge in [0.1, 0.15) is 0 Å². The molecule has 3 amide bonds. The van der Waals surface area contributed by atoms with E-state index in [4.69, 9.17) is 16.2 Å². The number of amides is 3. The first-order chi connectivity index (χ1) is 13.5. The summed E-state index contributed by atoms with van der Waals surface area (Å²) in [4.78, 5) is 36.5. The minimum absolute atomic E-state index is 0.0133. The van der Waals surface area contributed by atoms with Gasteiger partial charge in [0.2, 0.25) is 5.91 Å². The van der Waals surface area contributed by atoms with E-state index in [1.54, 1.807) is 6.92 Å². The molecule has 1 aromatic carbocycles. The number of carbonyl (C=O) groups is 3. The molecule has 12 heteroatoms. The fourth-order valence-corrected chi connectivity index (χ4v) is 4.21. The Morgan fingerprint density at radius 2 is 2.03 bits per heavy atom. The maximum atomic E-state index is 13.1. The SMILES string of the molecule is Cc1ccc2c(c1OC(N)=O)NC(S(=O)(=O)O)C1CC(C=CC(N)=O)=CN1C2=O. The van der Waals surface area contributed by atoms with Crippen LogP contribution in [0, 0.1) is 6.92 Å². The predicted octanol–water partition coefficient (Wildman–Crippen LogP) is 0.232. The molecule has 0 bridgehead atoms. The zero-order valence-corrected chi connectivity index (χ0v) is 16.0. The Hall–Kier alpha value is -3.38. The van der Waals surface area contributed by atoms with Gasteiger partial charge in [-0.3, -0.25) is 14.1 Å². The lowest BCUT2D eigenvalue weighted by Gasteiger charge is -2.26. The van der Waals surface area contributed by atoms with Crippen LogP contribution in [-0.4, -0.2) is 47.2 Å². The van der Waals surface area contributed by atoms with Gasteiger partial charge in [0.25, 0.3) is 16.0 Å². The number of anilines is 1. The molecule has 2 unspecified atom stereocenters. The summed E-state index contributed by atoms with van der Waals surface area (Å²) in [5, 5.41) is 0.981. The largest absolute Gasteiger partial charge is 0.410 e. The molecule has 1 aromatic rings. The van der Waals surface area contributed by atoms with Crippen molar-refractivity contribution in [1.82, 2.24) is 4.90 Å². The molecule has 2 heterocycles. The number of ether oxygens (including phenoxy) is 1. The average molecular weight is 422 g/mol. The maximum Gasteiger partial charge on any atom is 0.410 e. The normalized spacial score (nSPS) is 21.1. The molecule has 0 fully saturated rings. The van der Waals surface area contributed by atoms with Gasteiger partial charge in [-0.25, -0.2) is 4.79 Å². The van der Waals surface area contributed by atoms with Crippen LogP contribution < -0.4 is 21.5 Å². The lowest BCUT2D eigenvalue weighted by molar-refractivity contribution is -0.113. The fourth-order valence-electron chi connectivity index (χ4n) is 3.32. The number of rotatable bonds is 4. The van der Waals surface area contributed by atoms with Gasteiger partial charge in [0.15, 0.2) is 11.1 Å². The number of allylic oxidation sites excluding steroid dienone is 1. The molecule has 0 aromatic heterocycles. The van der Waals surface area contributed by atoms with Gasteiger partial charge in [-0.05, 0) is 30.5 Å². The van der Waals surface area contributed by atoms with Crippen LogP contribution in [0.4, 0.5) is 10.5 Å². The quantitative estimate of drug-likeness (QED) is 0.393. The van der Waals surface area contributed by atoms with E-state index in [1.807, 2.05) is 0 Å². The molecule has 0 radical (unpaired) electrons. The van der Waals surface area contributed by atoms with Gasteiger partial charge in [-0.1, -0.05) is 12.1 Å².